The molecule has 3 aromatic rings. The van der Waals surface area contributed by atoms with Crippen LogP contribution in [0.2, 0.25) is 0 Å². The number of amides is 2. The molecule has 1 aliphatic rings. The van der Waals surface area contributed by atoms with Crippen molar-refractivity contribution in [1.82, 2.24) is 9.36 Å². The summed E-state index contributed by atoms with van der Waals surface area (Å²) < 4.78 is 3.12. The standard InChI is InChI=1S/C22H21N5O5/c1-13-19(22(30)26(25(13)2)16-9-4-3-5-10-16)24-20(28)14-7-6-8-15(11-14)23-21(29)17-12-18(17)27(31)32/h3-11,17-18H,12H2,1-2H3,(H,23,29)(H,24,28). The number of carbonyl (C=O) groups is 2. The van der Waals surface area contributed by atoms with Gasteiger partial charge in [0.1, 0.15) is 11.6 Å². The number of rotatable bonds is 6. The summed E-state index contributed by atoms with van der Waals surface area (Å²) in [6.07, 6.45) is 0.208. The number of hydrogen-bond donors (Lipinski definition) is 2. The smallest absolute Gasteiger partial charge is 0.295 e. The maximum absolute atomic E-state index is 13.0. The van der Waals surface area contributed by atoms with E-state index in [1.807, 2.05) is 18.2 Å². The number of nitrogens with one attached hydrogen (secondary N) is 2. The van der Waals surface area contributed by atoms with Crippen molar-refractivity contribution in [2.45, 2.75) is 19.4 Å². The van der Waals surface area contributed by atoms with Crippen molar-refractivity contribution in [1.29, 1.82) is 0 Å². The molecule has 0 aliphatic heterocycles. The highest BCUT2D eigenvalue weighted by molar-refractivity contribution is 6.05. The quantitative estimate of drug-likeness (QED) is 0.454. The summed E-state index contributed by atoms with van der Waals surface area (Å²) in [5.41, 5.74) is 1.62. The molecule has 1 fully saturated rings. The summed E-state index contributed by atoms with van der Waals surface area (Å²) in [5, 5.41) is 16.0. The van der Waals surface area contributed by atoms with Crippen LogP contribution in [0.1, 0.15) is 22.5 Å². The molecule has 2 N–H and O–H groups in total. The highest BCUT2D eigenvalue weighted by atomic mass is 16.6. The topological polar surface area (TPSA) is 128 Å². The normalized spacial score (nSPS) is 16.9. The van der Waals surface area contributed by atoms with Crippen LogP contribution in [0, 0.1) is 23.0 Å². The summed E-state index contributed by atoms with van der Waals surface area (Å²) in [6, 6.07) is 14.4. The van der Waals surface area contributed by atoms with Crippen LogP contribution in [0.15, 0.2) is 59.4 Å². The van der Waals surface area contributed by atoms with Gasteiger partial charge in [0.2, 0.25) is 11.9 Å². The molecular formula is C22H21N5O5. The lowest BCUT2D eigenvalue weighted by Crippen LogP contribution is -2.23. The van der Waals surface area contributed by atoms with Crippen molar-refractivity contribution in [2.75, 3.05) is 10.6 Å². The van der Waals surface area contributed by atoms with E-state index in [9.17, 15) is 24.5 Å². The van der Waals surface area contributed by atoms with Crippen molar-refractivity contribution >= 4 is 23.2 Å². The van der Waals surface area contributed by atoms with E-state index >= 15 is 0 Å². The monoisotopic (exact) mass is 435 g/mol. The van der Waals surface area contributed by atoms with Crippen LogP contribution in [0.5, 0.6) is 0 Å². The third kappa shape index (κ3) is 3.89. The lowest BCUT2D eigenvalue weighted by atomic mass is 10.1. The highest BCUT2D eigenvalue weighted by Gasteiger charge is 2.53. The van der Waals surface area contributed by atoms with Crippen molar-refractivity contribution in [3.8, 4) is 5.69 Å². The van der Waals surface area contributed by atoms with Crippen LogP contribution >= 0.6 is 0 Å². The fraction of sp³-hybridized carbons (Fsp3) is 0.227. The second kappa shape index (κ2) is 8.14. The Balaban J connectivity index is 1.53. The van der Waals surface area contributed by atoms with E-state index in [1.54, 1.807) is 49.0 Å². The molecule has 1 aromatic heterocycles. The number of aromatic nitrogens is 2. The minimum atomic E-state index is -0.852. The number of anilines is 2. The van der Waals surface area contributed by atoms with Gasteiger partial charge in [0.25, 0.3) is 11.5 Å². The van der Waals surface area contributed by atoms with Gasteiger partial charge in [0.05, 0.1) is 11.4 Å². The van der Waals surface area contributed by atoms with Gasteiger partial charge < -0.3 is 10.6 Å². The third-order valence-corrected chi connectivity index (χ3v) is 5.55. The zero-order valence-corrected chi connectivity index (χ0v) is 17.4. The molecule has 0 bridgehead atoms. The fourth-order valence-electron chi connectivity index (χ4n) is 3.57. The Bertz CT molecular complexity index is 1280. The molecule has 4 rings (SSSR count). The Morgan fingerprint density at radius 1 is 1.09 bits per heavy atom. The lowest BCUT2D eigenvalue weighted by molar-refractivity contribution is -0.497. The number of nitrogens with zero attached hydrogens (tertiary/aromatic N) is 3. The van der Waals surface area contributed by atoms with E-state index in [-0.39, 0.29) is 23.2 Å². The minimum absolute atomic E-state index is 0.155. The van der Waals surface area contributed by atoms with Gasteiger partial charge in [0, 0.05) is 29.6 Å². The van der Waals surface area contributed by atoms with Crippen LogP contribution in [0.4, 0.5) is 11.4 Å². The number of hydrogen-bond acceptors (Lipinski definition) is 5. The molecule has 32 heavy (non-hydrogen) atoms. The summed E-state index contributed by atoms with van der Waals surface area (Å²) in [6.45, 7) is 1.73. The summed E-state index contributed by atoms with van der Waals surface area (Å²) in [4.78, 5) is 48.3. The first-order valence-corrected chi connectivity index (χ1v) is 9.97. The van der Waals surface area contributed by atoms with Gasteiger partial charge in [-0.3, -0.25) is 29.2 Å². The van der Waals surface area contributed by atoms with Crippen molar-refractivity contribution in [2.24, 2.45) is 13.0 Å². The second-order valence-corrected chi connectivity index (χ2v) is 7.66. The molecular weight excluding hydrogens is 414 g/mol. The molecule has 164 valence electrons. The second-order valence-electron chi connectivity index (χ2n) is 7.66. The van der Waals surface area contributed by atoms with Gasteiger partial charge in [-0.25, -0.2) is 4.68 Å². The molecule has 0 radical (unpaired) electrons. The molecule has 1 aliphatic carbocycles. The third-order valence-electron chi connectivity index (χ3n) is 5.55. The number of benzene rings is 2. The molecule has 0 saturated heterocycles. The molecule has 1 heterocycles. The maximum atomic E-state index is 13.0. The molecule has 10 heteroatoms. The van der Waals surface area contributed by atoms with E-state index in [1.165, 1.54) is 10.7 Å². The molecule has 2 amide bonds. The number of nitro groups is 1. The molecule has 2 unspecified atom stereocenters. The Morgan fingerprint density at radius 3 is 2.47 bits per heavy atom. The first kappa shape index (κ1) is 21.0. The Morgan fingerprint density at radius 2 is 1.81 bits per heavy atom. The van der Waals surface area contributed by atoms with E-state index in [2.05, 4.69) is 10.6 Å². The predicted molar refractivity (Wildman–Crippen MR) is 118 cm³/mol. The van der Waals surface area contributed by atoms with Crippen LogP contribution in [0.3, 0.4) is 0 Å². The van der Waals surface area contributed by atoms with Crippen LogP contribution in [-0.2, 0) is 11.8 Å². The Labute approximate surface area is 182 Å². The average Bonchev–Trinajstić information content (AvgIpc) is 3.56. The average molecular weight is 435 g/mol. The summed E-state index contributed by atoms with van der Waals surface area (Å²) in [5.74, 6) is -1.62. The SMILES string of the molecule is Cc1c(NC(=O)c2cccc(NC(=O)C3CC3[N+](=O)[O-])c2)c(=O)n(-c2ccccc2)n1C. The summed E-state index contributed by atoms with van der Waals surface area (Å²) >= 11 is 0. The molecule has 1 saturated carbocycles. The lowest BCUT2D eigenvalue weighted by Gasteiger charge is -2.08. The van der Waals surface area contributed by atoms with E-state index in [0.29, 0.717) is 17.1 Å². The predicted octanol–water partition coefficient (Wildman–Crippen LogP) is 2.34. The van der Waals surface area contributed by atoms with E-state index < -0.39 is 28.7 Å². The molecule has 10 nitrogen and oxygen atoms in total. The Hall–Kier alpha value is -4.21. The van der Waals surface area contributed by atoms with Gasteiger partial charge in [-0.1, -0.05) is 24.3 Å². The van der Waals surface area contributed by atoms with Gasteiger partial charge in [-0.2, -0.15) is 0 Å². The van der Waals surface area contributed by atoms with Gasteiger partial charge in [0.15, 0.2) is 0 Å². The van der Waals surface area contributed by atoms with Gasteiger partial charge in [-0.05, 0) is 37.3 Å². The highest BCUT2D eigenvalue weighted by Crippen LogP contribution is 2.34. The molecule has 2 atom stereocenters. The van der Waals surface area contributed by atoms with Crippen LogP contribution in [-0.4, -0.2) is 32.1 Å². The van der Waals surface area contributed by atoms with Gasteiger partial charge >= 0.3 is 0 Å². The van der Waals surface area contributed by atoms with E-state index in [4.69, 9.17) is 0 Å². The maximum Gasteiger partial charge on any atom is 0.295 e. The Kier molecular flexibility index (Phi) is 5.35. The van der Waals surface area contributed by atoms with E-state index in [0.717, 1.165) is 0 Å². The number of carbonyl (C=O) groups excluding carboxylic acids is 2. The number of para-hydroxylation sites is 1. The van der Waals surface area contributed by atoms with Gasteiger partial charge in [-0.15, -0.1) is 0 Å². The largest absolute Gasteiger partial charge is 0.326 e. The van der Waals surface area contributed by atoms with Crippen molar-refractivity contribution in [3.63, 3.8) is 0 Å². The first-order valence-electron chi connectivity index (χ1n) is 9.97. The minimum Gasteiger partial charge on any atom is -0.326 e. The van der Waals surface area contributed by atoms with Crippen molar-refractivity contribution in [3.05, 3.63) is 86.3 Å². The van der Waals surface area contributed by atoms with Crippen LogP contribution < -0.4 is 16.2 Å². The molecule has 2 aromatic carbocycles. The van der Waals surface area contributed by atoms with Crippen LogP contribution in [0.25, 0.3) is 5.69 Å². The van der Waals surface area contributed by atoms with Crippen molar-refractivity contribution < 1.29 is 14.5 Å². The fourth-order valence-corrected chi connectivity index (χ4v) is 3.57. The zero-order valence-electron chi connectivity index (χ0n) is 17.4. The summed E-state index contributed by atoms with van der Waals surface area (Å²) in [7, 11) is 1.73. The first-order chi connectivity index (χ1) is 15.3. The molecule has 0 spiro atoms. The zero-order chi connectivity index (χ0) is 23.0.